The maximum Gasteiger partial charge on any atom is 0.296 e. The minimum absolute atomic E-state index is 0.00915. The molecule has 8 nitrogen and oxygen atoms in total. The molecule has 1 aliphatic carbocycles. The summed E-state index contributed by atoms with van der Waals surface area (Å²) in [4.78, 5) is 28.9. The van der Waals surface area contributed by atoms with Gasteiger partial charge in [0.05, 0.1) is 30.7 Å². The van der Waals surface area contributed by atoms with E-state index >= 15 is 0 Å². The van der Waals surface area contributed by atoms with Crippen LogP contribution in [0.15, 0.2) is 29.5 Å². The van der Waals surface area contributed by atoms with Crippen molar-refractivity contribution < 1.29 is 23.8 Å². The molecule has 1 aromatic heterocycles. The van der Waals surface area contributed by atoms with Crippen LogP contribution in [0, 0.1) is 12.8 Å². The number of amides is 1. The first kappa shape index (κ1) is 21.9. The maximum atomic E-state index is 13.7. The highest BCUT2D eigenvalue weighted by molar-refractivity contribution is 7.15. The molecular formula is C24H27N3O5S. The number of fused-ring (bicyclic) bond motifs is 1. The average molecular weight is 470 g/mol. The zero-order valence-corrected chi connectivity index (χ0v) is 19.8. The van der Waals surface area contributed by atoms with Crippen molar-refractivity contribution in [1.29, 1.82) is 0 Å². The van der Waals surface area contributed by atoms with Gasteiger partial charge in [-0.15, -0.1) is 10.2 Å². The highest BCUT2D eigenvalue weighted by Gasteiger charge is 2.53. The molecule has 1 saturated carbocycles. The Hall–Kier alpha value is -2.94. The van der Waals surface area contributed by atoms with Crippen molar-refractivity contribution in [2.45, 2.75) is 58.6 Å². The smallest absolute Gasteiger partial charge is 0.296 e. The summed E-state index contributed by atoms with van der Waals surface area (Å²) >= 11 is 1.32. The standard InChI is InChI=1S/C24H27N3O5S/c1-4-30-17-11-10-14(12-18(17)31-5-2)20-19-21(28)15-8-6-7-9-16(15)32-22(19)23(29)27(20)24-26-25-13(3)33-24/h10-12,15-16,20H,4-9H2,1-3H3. The molecule has 0 N–H and O–H groups in total. The number of ketones is 1. The van der Waals surface area contributed by atoms with Gasteiger partial charge in [0.15, 0.2) is 23.0 Å². The fraction of sp³-hybridized carbons (Fsp3) is 0.500. The summed E-state index contributed by atoms with van der Waals surface area (Å²) in [6, 6.07) is 4.91. The number of carbonyl (C=O) groups excluding carboxylic acids is 2. The molecule has 0 radical (unpaired) electrons. The summed E-state index contributed by atoms with van der Waals surface area (Å²) in [5.41, 5.74) is 1.17. The van der Waals surface area contributed by atoms with E-state index in [4.69, 9.17) is 14.2 Å². The van der Waals surface area contributed by atoms with Crippen molar-refractivity contribution in [3.05, 3.63) is 40.1 Å². The van der Waals surface area contributed by atoms with E-state index in [1.807, 2.05) is 39.0 Å². The number of carbonyl (C=O) groups is 2. The van der Waals surface area contributed by atoms with Crippen LogP contribution in [-0.4, -0.2) is 41.2 Å². The largest absolute Gasteiger partial charge is 0.490 e. The molecule has 0 bridgehead atoms. The second-order valence-corrected chi connectivity index (χ2v) is 9.57. The van der Waals surface area contributed by atoms with Crippen LogP contribution in [0.2, 0.25) is 0 Å². The van der Waals surface area contributed by atoms with Gasteiger partial charge in [-0.25, -0.2) is 0 Å². The number of aryl methyl sites for hydroxylation is 1. The molecule has 9 heteroatoms. The Morgan fingerprint density at radius 2 is 1.85 bits per heavy atom. The lowest BCUT2D eigenvalue weighted by atomic mass is 9.77. The van der Waals surface area contributed by atoms with Crippen LogP contribution in [0.3, 0.4) is 0 Å². The van der Waals surface area contributed by atoms with Crippen molar-refractivity contribution in [2.24, 2.45) is 5.92 Å². The van der Waals surface area contributed by atoms with E-state index in [-0.39, 0.29) is 29.5 Å². The number of anilines is 1. The molecule has 33 heavy (non-hydrogen) atoms. The van der Waals surface area contributed by atoms with Crippen LogP contribution in [0.25, 0.3) is 0 Å². The Labute approximate surface area is 196 Å². The van der Waals surface area contributed by atoms with Crippen LogP contribution < -0.4 is 14.4 Å². The summed E-state index contributed by atoms with van der Waals surface area (Å²) in [5, 5.41) is 9.52. The summed E-state index contributed by atoms with van der Waals surface area (Å²) in [6.45, 7) is 6.62. The molecule has 0 spiro atoms. The number of hydrogen-bond acceptors (Lipinski definition) is 8. The molecule has 0 saturated heterocycles. The van der Waals surface area contributed by atoms with Crippen molar-refractivity contribution >= 4 is 28.2 Å². The molecular weight excluding hydrogens is 442 g/mol. The van der Waals surface area contributed by atoms with E-state index in [1.165, 1.54) is 11.3 Å². The lowest BCUT2D eigenvalue weighted by Gasteiger charge is -2.35. The Kier molecular flexibility index (Phi) is 5.82. The predicted octanol–water partition coefficient (Wildman–Crippen LogP) is 4.14. The third kappa shape index (κ3) is 3.68. The molecule has 2 aliphatic heterocycles. The van der Waals surface area contributed by atoms with Gasteiger partial charge < -0.3 is 14.2 Å². The van der Waals surface area contributed by atoms with Crippen molar-refractivity contribution in [1.82, 2.24) is 10.2 Å². The minimum Gasteiger partial charge on any atom is -0.490 e. The van der Waals surface area contributed by atoms with Gasteiger partial charge in [0.2, 0.25) is 5.13 Å². The van der Waals surface area contributed by atoms with Gasteiger partial charge in [-0.1, -0.05) is 23.8 Å². The second kappa shape index (κ2) is 8.78. The number of hydrogen-bond donors (Lipinski definition) is 0. The normalized spacial score (nSPS) is 24.5. The van der Waals surface area contributed by atoms with Gasteiger partial charge in [0.25, 0.3) is 5.91 Å². The van der Waals surface area contributed by atoms with Crippen LogP contribution >= 0.6 is 11.3 Å². The van der Waals surface area contributed by atoms with Gasteiger partial charge in [-0.3, -0.25) is 14.5 Å². The molecule has 1 amide bonds. The van der Waals surface area contributed by atoms with E-state index < -0.39 is 6.04 Å². The molecule has 174 valence electrons. The fourth-order valence-electron chi connectivity index (χ4n) is 4.98. The first-order valence-electron chi connectivity index (χ1n) is 11.5. The number of rotatable bonds is 6. The number of benzene rings is 1. The SMILES string of the molecule is CCOc1ccc(C2C3=C(OC4CCCCC4C3=O)C(=O)N2c2nnc(C)s2)cc1OCC. The predicted molar refractivity (Wildman–Crippen MR) is 123 cm³/mol. The van der Waals surface area contributed by atoms with Crippen LogP contribution in [0.4, 0.5) is 5.13 Å². The summed E-state index contributed by atoms with van der Waals surface area (Å²) < 4.78 is 17.8. The zero-order chi connectivity index (χ0) is 23.1. The third-order valence-electron chi connectivity index (χ3n) is 6.37. The average Bonchev–Trinajstić information content (AvgIpc) is 3.36. The molecule has 5 rings (SSSR count). The van der Waals surface area contributed by atoms with Crippen molar-refractivity contribution in [2.75, 3.05) is 18.1 Å². The molecule has 3 aliphatic rings. The maximum absolute atomic E-state index is 13.7. The summed E-state index contributed by atoms with van der Waals surface area (Å²) in [6.07, 6.45) is 3.34. The van der Waals surface area contributed by atoms with E-state index in [0.29, 0.717) is 35.4 Å². The molecule has 3 heterocycles. The molecule has 1 aromatic carbocycles. The van der Waals surface area contributed by atoms with E-state index in [0.717, 1.165) is 36.3 Å². The second-order valence-electron chi connectivity index (χ2n) is 8.41. The molecule has 1 fully saturated rings. The van der Waals surface area contributed by atoms with Gasteiger partial charge >= 0.3 is 0 Å². The molecule has 2 aromatic rings. The Balaban J connectivity index is 1.64. The number of Topliss-reactive ketones (excluding diaryl/α,β-unsaturated/α-hetero) is 1. The Bertz CT molecular complexity index is 1130. The van der Waals surface area contributed by atoms with E-state index in [1.54, 1.807) is 4.90 Å². The monoisotopic (exact) mass is 469 g/mol. The highest BCUT2D eigenvalue weighted by Crippen LogP contribution is 2.49. The van der Waals surface area contributed by atoms with Gasteiger partial charge in [-0.2, -0.15) is 0 Å². The van der Waals surface area contributed by atoms with Gasteiger partial charge in [-0.05, 0) is 57.7 Å². The summed E-state index contributed by atoms with van der Waals surface area (Å²) in [5.74, 6) is 0.820. The molecule has 3 atom stereocenters. The number of ether oxygens (including phenoxy) is 3. The van der Waals surface area contributed by atoms with Gasteiger partial charge in [0.1, 0.15) is 11.1 Å². The highest BCUT2D eigenvalue weighted by atomic mass is 32.1. The first-order chi connectivity index (χ1) is 16.0. The fourth-order valence-corrected chi connectivity index (χ4v) is 5.69. The number of aromatic nitrogens is 2. The topological polar surface area (TPSA) is 90.9 Å². The number of nitrogens with zero attached hydrogens (tertiary/aromatic N) is 3. The van der Waals surface area contributed by atoms with E-state index in [2.05, 4.69) is 10.2 Å². The van der Waals surface area contributed by atoms with Crippen LogP contribution in [-0.2, 0) is 14.3 Å². The van der Waals surface area contributed by atoms with Crippen LogP contribution in [0.1, 0.15) is 56.1 Å². The first-order valence-corrected chi connectivity index (χ1v) is 12.3. The zero-order valence-electron chi connectivity index (χ0n) is 19.0. The van der Waals surface area contributed by atoms with Crippen molar-refractivity contribution in [3.63, 3.8) is 0 Å². The summed E-state index contributed by atoms with van der Waals surface area (Å²) in [7, 11) is 0. The Morgan fingerprint density at radius 1 is 1.09 bits per heavy atom. The van der Waals surface area contributed by atoms with Gasteiger partial charge in [0, 0.05) is 0 Å². The molecule has 3 unspecified atom stereocenters. The van der Waals surface area contributed by atoms with Crippen LogP contribution in [0.5, 0.6) is 11.5 Å². The van der Waals surface area contributed by atoms with E-state index in [9.17, 15) is 9.59 Å². The minimum atomic E-state index is -0.648. The lowest BCUT2D eigenvalue weighted by molar-refractivity contribution is -0.131. The third-order valence-corrected chi connectivity index (χ3v) is 7.21. The Morgan fingerprint density at radius 3 is 2.58 bits per heavy atom. The quantitative estimate of drug-likeness (QED) is 0.628. The van der Waals surface area contributed by atoms with Crippen molar-refractivity contribution in [3.8, 4) is 11.5 Å². The lowest BCUT2D eigenvalue weighted by Crippen LogP contribution is -2.39.